The first-order chi connectivity index (χ1) is 10.2. The van der Waals surface area contributed by atoms with E-state index in [0.717, 1.165) is 25.9 Å². The van der Waals surface area contributed by atoms with Crippen LogP contribution in [0.2, 0.25) is 0 Å². The van der Waals surface area contributed by atoms with Crippen molar-refractivity contribution >= 4 is 11.9 Å². The molecule has 2 unspecified atom stereocenters. The van der Waals surface area contributed by atoms with Gasteiger partial charge in [0, 0.05) is 20.2 Å². The zero-order chi connectivity index (χ0) is 15.2. The molecule has 2 rings (SSSR count). The number of anilines is 2. The lowest BCUT2D eigenvalue weighted by Gasteiger charge is -2.36. The number of nitrogens with zero attached hydrogens (tertiary/aromatic N) is 4. The summed E-state index contributed by atoms with van der Waals surface area (Å²) >= 11 is 0. The van der Waals surface area contributed by atoms with Crippen molar-refractivity contribution < 1.29 is 9.47 Å². The molecule has 1 aliphatic rings. The Morgan fingerprint density at radius 2 is 2.19 bits per heavy atom. The number of hydrogen-bond donors (Lipinski definition) is 2. The van der Waals surface area contributed by atoms with Crippen LogP contribution in [0.3, 0.4) is 0 Å². The SMILES string of the molecule is CCCOc1nc(NN)nc(N2CCC(C)C(OC)C2)n1. The van der Waals surface area contributed by atoms with E-state index in [1.54, 1.807) is 7.11 Å². The molecule has 2 heterocycles. The summed E-state index contributed by atoms with van der Waals surface area (Å²) < 4.78 is 11.0. The van der Waals surface area contributed by atoms with E-state index in [4.69, 9.17) is 15.3 Å². The number of nitrogen functional groups attached to an aromatic ring is 1. The predicted octanol–water partition coefficient (Wildman–Crippen LogP) is 0.807. The standard InChI is InChI=1S/C13H24N6O2/c1-4-7-21-13-16-11(18-14)15-12(17-13)19-6-5-9(2)10(8-19)20-3/h9-10H,4-8,14H2,1-3H3,(H,15,16,17,18). The van der Waals surface area contributed by atoms with Crippen LogP contribution >= 0.6 is 0 Å². The lowest BCUT2D eigenvalue weighted by Crippen LogP contribution is -2.44. The highest BCUT2D eigenvalue weighted by molar-refractivity contribution is 5.38. The van der Waals surface area contributed by atoms with Crippen molar-refractivity contribution in [3.8, 4) is 6.01 Å². The number of piperidine rings is 1. The summed E-state index contributed by atoms with van der Waals surface area (Å²) in [5, 5.41) is 0. The summed E-state index contributed by atoms with van der Waals surface area (Å²) in [5.74, 6) is 6.82. The van der Waals surface area contributed by atoms with Gasteiger partial charge >= 0.3 is 6.01 Å². The first-order valence-electron chi connectivity index (χ1n) is 7.31. The van der Waals surface area contributed by atoms with Gasteiger partial charge in [-0.15, -0.1) is 0 Å². The third kappa shape index (κ3) is 3.92. The fourth-order valence-corrected chi connectivity index (χ4v) is 2.33. The normalized spacial score (nSPS) is 22.2. The van der Waals surface area contributed by atoms with Crippen LogP contribution in [-0.2, 0) is 4.74 Å². The number of nitrogens with one attached hydrogen (secondary N) is 1. The van der Waals surface area contributed by atoms with Gasteiger partial charge in [-0.05, 0) is 18.8 Å². The first kappa shape index (κ1) is 15.7. The Balaban J connectivity index is 2.17. The van der Waals surface area contributed by atoms with E-state index in [0.29, 0.717) is 30.4 Å². The second-order valence-electron chi connectivity index (χ2n) is 5.22. The molecule has 1 aromatic rings. The number of hydrogen-bond acceptors (Lipinski definition) is 8. The van der Waals surface area contributed by atoms with E-state index >= 15 is 0 Å². The minimum Gasteiger partial charge on any atom is -0.463 e. The molecule has 2 atom stereocenters. The quantitative estimate of drug-likeness (QED) is 0.588. The van der Waals surface area contributed by atoms with E-state index < -0.39 is 0 Å². The second kappa shape index (κ2) is 7.37. The van der Waals surface area contributed by atoms with E-state index in [9.17, 15) is 0 Å². The average Bonchev–Trinajstić information content (AvgIpc) is 2.53. The van der Waals surface area contributed by atoms with Crippen molar-refractivity contribution in [3.63, 3.8) is 0 Å². The molecule has 8 nitrogen and oxygen atoms in total. The van der Waals surface area contributed by atoms with Gasteiger partial charge in [0.05, 0.1) is 12.7 Å². The van der Waals surface area contributed by atoms with Crippen LogP contribution in [0, 0.1) is 5.92 Å². The van der Waals surface area contributed by atoms with Crippen LogP contribution in [0.5, 0.6) is 6.01 Å². The molecule has 1 fully saturated rings. The van der Waals surface area contributed by atoms with E-state index in [-0.39, 0.29) is 6.10 Å². The summed E-state index contributed by atoms with van der Waals surface area (Å²) in [6.45, 7) is 6.41. The largest absolute Gasteiger partial charge is 0.463 e. The second-order valence-corrected chi connectivity index (χ2v) is 5.22. The third-order valence-corrected chi connectivity index (χ3v) is 3.64. The Morgan fingerprint density at radius 1 is 1.38 bits per heavy atom. The topological polar surface area (TPSA) is 98.4 Å². The highest BCUT2D eigenvalue weighted by atomic mass is 16.5. The molecule has 0 spiro atoms. The maximum Gasteiger partial charge on any atom is 0.323 e. The average molecular weight is 296 g/mol. The van der Waals surface area contributed by atoms with Gasteiger partial charge < -0.3 is 14.4 Å². The Bertz CT molecular complexity index is 458. The van der Waals surface area contributed by atoms with E-state index in [1.807, 2.05) is 6.92 Å². The van der Waals surface area contributed by atoms with Gasteiger partial charge in [0.25, 0.3) is 0 Å². The number of ether oxygens (including phenoxy) is 2. The maximum atomic E-state index is 5.52. The maximum absolute atomic E-state index is 5.52. The molecule has 0 saturated carbocycles. The van der Waals surface area contributed by atoms with Crippen LogP contribution in [0.15, 0.2) is 0 Å². The lowest BCUT2D eigenvalue weighted by atomic mass is 9.96. The molecule has 0 aromatic carbocycles. The number of aromatic nitrogens is 3. The molecular weight excluding hydrogens is 272 g/mol. The van der Waals surface area contributed by atoms with Gasteiger partial charge in [-0.25, -0.2) is 5.84 Å². The van der Waals surface area contributed by atoms with E-state index in [2.05, 4.69) is 32.2 Å². The summed E-state index contributed by atoms with van der Waals surface area (Å²) in [5.41, 5.74) is 2.46. The molecule has 1 aromatic heterocycles. The number of rotatable bonds is 6. The van der Waals surface area contributed by atoms with Gasteiger partial charge in [0.2, 0.25) is 11.9 Å². The fourth-order valence-electron chi connectivity index (χ4n) is 2.33. The van der Waals surface area contributed by atoms with Crippen LogP contribution in [0.4, 0.5) is 11.9 Å². The van der Waals surface area contributed by atoms with Crippen LogP contribution < -0.4 is 20.9 Å². The van der Waals surface area contributed by atoms with Crippen molar-refractivity contribution in [2.45, 2.75) is 32.8 Å². The summed E-state index contributed by atoms with van der Waals surface area (Å²) in [7, 11) is 1.74. The molecule has 21 heavy (non-hydrogen) atoms. The molecule has 8 heteroatoms. The minimum absolute atomic E-state index is 0.171. The molecule has 0 aliphatic carbocycles. The van der Waals surface area contributed by atoms with Gasteiger partial charge in [0.15, 0.2) is 0 Å². The Kier molecular flexibility index (Phi) is 5.51. The van der Waals surface area contributed by atoms with Gasteiger partial charge in [-0.2, -0.15) is 15.0 Å². The first-order valence-corrected chi connectivity index (χ1v) is 7.31. The van der Waals surface area contributed by atoms with Crippen molar-refractivity contribution in [3.05, 3.63) is 0 Å². The minimum atomic E-state index is 0.171. The van der Waals surface area contributed by atoms with Crippen molar-refractivity contribution in [2.24, 2.45) is 11.8 Å². The van der Waals surface area contributed by atoms with Gasteiger partial charge in [0.1, 0.15) is 0 Å². The molecule has 118 valence electrons. The highest BCUT2D eigenvalue weighted by Gasteiger charge is 2.28. The smallest absolute Gasteiger partial charge is 0.323 e. The number of nitrogens with two attached hydrogens (primary N) is 1. The van der Waals surface area contributed by atoms with Crippen molar-refractivity contribution in [2.75, 3.05) is 37.1 Å². The fraction of sp³-hybridized carbons (Fsp3) is 0.769. The van der Waals surface area contributed by atoms with Crippen LogP contribution in [0.25, 0.3) is 0 Å². The zero-order valence-electron chi connectivity index (χ0n) is 12.9. The Labute approximate surface area is 125 Å². The summed E-state index contributed by atoms with van der Waals surface area (Å²) in [4.78, 5) is 14.9. The molecule has 0 radical (unpaired) electrons. The predicted molar refractivity (Wildman–Crippen MR) is 80.2 cm³/mol. The monoisotopic (exact) mass is 296 g/mol. The third-order valence-electron chi connectivity index (χ3n) is 3.64. The van der Waals surface area contributed by atoms with Crippen LogP contribution in [0.1, 0.15) is 26.7 Å². The molecule has 1 aliphatic heterocycles. The Hall–Kier alpha value is -1.67. The molecule has 0 amide bonds. The van der Waals surface area contributed by atoms with Crippen LogP contribution in [-0.4, -0.2) is 47.9 Å². The van der Waals surface area contributed by atoms with Gasteiger partial charge in [-0.3, -0.25) is 5.43 Å². The van der Waals surface area contributed by atoms with Gasteiger partial charge in [-0.1, -0.05) is 13.8 Å². The van der Waals surface area contributed by atoms with Crippen molar-refractivity contribution in [1.29, 1.82) is 0 Å². The molecule has 0 bridgehead atoms. The summed E-state index contributed by atoms with van der Waals surface area (Å²) in [6, 6.07) is 0.294. The number of hydrazine groups is 1. The van der Waals surface area contributed by atoms with Crippen molar-refractivity contribution in [1.82, 2.24) is 15.0 Å². The highest BCUT2D eigenvalue weighted by Crippen LogP contribution is 2.24. The van der Waals surface area contributed by atoms with E-state index in [1.165, 1.54) is 0 Å². The Morgan fingerprint density at radius 3 is 2.86 bits per heavy atom. The number of methoxy groups -OCH3 is 1. The molecule has 1 saturated heterocycles. The summed E-state index contributed by atoms with van der Waals surface area (Å²) in [6.07, 6.45) is 2.09. The zero-order valence-corrected chi connectivity index (χ0v) is 12.9. The lowest BCUT2D eigenvalue weighted by molar-refractivity contribution is 0.0494. The molecular formula is C13H24N6O2. The molecule has 3 N–H and O–H groups in total.